The molecule has 1 atom stereocenters. The van der Waals surface area contributed by atoms with Gasteiger partial charge in [0, 0.05) is 34.6 Å². The van der Waals surface area contributed by atoms with Crippen LogP contribution in [0.3, 0.4) is 0 Å². The van der Waals surface area contributed by atoms with E-state index in [0.29, 0.717) is 11.4 Å². The highest BCUT2D eigenvalue weighted by Gasteiger charge is 2.40. The second-order valence-electron chi connectivity index (χ2n) is 8.63. The lowest BCUT2D eigenvalue weighted by Gasteiger charge is -2.30. The number of aromatic nitrogens is 1. The molecule has 4 rings (SSSR count). The van der Waals surface area contributed by atoms with Crippen LogP contribution in [-0.4, -0.2) is 48.1 Å². The first-order valence-corrected chi connectivity index (χ1v) is 11.9. The second kappa shape index (κ2) is 11.5. The molecule has 200 valence electrons. The van der Waals surface area contributed by atoms with Gasteiger partial charge in [-0.15, -0.1) is 0 Å². The summed E-state index contributed by atoms with van der Waals surface area (Å²) >= 11 is 0. The Morgan fingerprint density at radius 2 is 1.54 bits per heavy atom. The summed E-state index contributed by atoms with van der Waals surface area (Å²) in [7, 11) is 1.18. The van der Waals surface area contributed by atoms with Crippen LogP contribution in [0.4, 0.5) is 5.69 Å². The number of carbonyl (C=O) groups excluding carboxylic acids is 3. The van der Waals surface area contributed by atoms with Gasteiger partial charge in [-0.1, -0.05) is 36.4 Å². The van der Waals surface area contributed by atoms with E-state index in [2.05, 4.69) is 10.3 Å². The van der Waals surface area contributed by atoms with Gasteiger partial charge in [-0.05, 0) is 26.0 Å². The SMILES string of the molecule is COC(=O)C1=C(C)NC(C)=C(C(=O)OCCOC(=O)c2cnc3ccccc3c2)C1c1ccccc1[N+](=O)[O-]. The van der Waals surface area contributed by atoms with Gasteiger partial charge in [-0.3, -0.25) is 15.1 Å². The van der Waals surface area contributed by atoms with Crippen LogP contribution in [0.5, 0.6) is 0 Å². The summed E-state index contributed by atoms with van der Waals surface area (Å²) in [6.07, 6.45) is 1.40. The molecule has 0 fully saturated rings. The fourth-order valence-corrected chi connectivity index (χ4v) is 4.47. The van der Waals surface area contributed by atoms with Crippen molar-refractivity contribution in [3.05, 3.63) is 105 Å². The lowest BCUT2D eigenvalue weighted by Crippen LogP contribution is -2.33. The predicted octanol–water partition coefficient (Wildman–Crippen LogP) is 3.95. The molecule has 0 radical (unpaired) electrons. The van der Waals surface area contributed by atoms with Gasteiger partial charge in [0.1, 0.15) is 13.2 Å². The number of allylic oxidation sites excluding steroid dienone is 2. The molecule has 1 unspecified atom stereocenters. The van der Waals surface area contributed by atoms with Gasteiger partial charge in [-0.25, -0.2) is 14.4 Å². The highest BCUT2D eigenvalue weighted by atomic mass is 16.6. The van der Waals surface area contributed by atoms with Crippen molar-refractivity contribution >= 4 is 34.5 Å². The average Bonchev–Trinajstić information content (AvgIpc) is 2.93. The van der Waals surface area contributed by atoms with E-state index in [1.807, 2.05) is 24.3 Å². The molecule has 0 amide bonds. The van der Waals surface area contributed by atoms with Crippen LogP contribution in [0.1, 0.15) is 35.7 Å². The molecular weight excluding hydrogens is 506 g/mol. The van der Waals surface area contributed by atoms with Crippen molar-refractivity contribution in [2.75, 3.05) is 20.3 Å². The summed E-state index contributed by atoms with van der Waals surface area (Å²) in [5, 5.41) is 15.5. The van der Waals surface area contributed by atoms with Gasteiger partial charge < -0.3 is 19.5 Å². The predicted molar refractivity (Wildman–Crippen MR) is 139 cm³/mol. The molecule has 0 bridgehead atoms. The Morgan fingerprint density at radius 1 is 0.923 bits per heavy atom. The molecule has 2 heterocycles. The fourth-order valence-electron chi connectivity index (χ4n) is 4.47. The zero-order chi connectivity index (χ0) is 28.1. The molecule has 0 spiro atoms. The van der Waals surface area contributed by atoms with Crippen molar-refractivity contribution in [1.29, 1.82) is 0 Å². The molecular formula is C28H25N3O8. The Morgan fingerprint density at radius 3 is 2.23 bits per heavy atom. The number of carbonyl (C=O) groups is 3. The largest absolute Gasteiger partial charge is 0.466 e. The number of dihydropyridines is 1. The number of nitrogens with one attached hydrogen (secondary N) is 1. The lowest BCUT2D eigenvalue weighted by atomic mass is 9.79. The van der Waals surface area contributed by atoms with Crippen LogP contribution in [-0.2, 0) is 23.8 Å². The van der Waals surface area contributed by atoms with E-state index < -0.39 is 28.7 Å². The number of hydrogen-bond donors (Lipinski definition) is 1. The molecule has 0 saturated heterocycles. The second-order valence-corrected chi connectivity index (χ2v) is 8.63. The first-order valence-electron chi connectivity index (χ1n) is 11.9. The van der Waals surface area contributed by atoms with Crippen LogP contribution in [0.15, 0.2) is 83.3 Å². The van der Waals surface area contributed by atoms with Crippen molar-refractivity contribution < 1.29 is 33.5 Å². The third-order valence-electron chi connectivity index (χ3n) is 6.21. The van der Waals surface area contributed by atoms with E-state index in [1.165, 1.54) is 31.5 Å². The average molecular weight is 532 g/mol. The molecule has 11 heteroatoms. The van der Waals surface area contributed by atoms with Gasteiger partial charge in [-0.2, -0.15) is 0 Å². The number of fused-ring (bicyclic) bond motifs is 1. The minimum atomic E-state index is -1.13. The number of pyridine rings is 1. The van der Waals surface area contributed by atoms with E-state index in [0.717, 1.165) is 10.9 Å². The minimum Gasteiger partial charge on any atom is -0.466 e. The van der Waals surface area contributed by atoms with E-state index in [-0.39, 0.29) is 41.2 Å². The van der Waals surface area contributed by atoms with Gasteiger partial charge >= 0.3 is 17.9 Å². The Kier molecular flexibility index (Phi) is 7.99. The molecule has 1 aliphatic rings. The fraction of sp³-hybridized carbons (Fsp3) is 0.214. The minimum absolute atomic E-state index is 0.000329. The number of nitrogens with zero attached hydrogens (tertiary/aromatic N) is 2. The van der Waals surface area contributed by atoms with Gasteiger partial charge in [0.05, 0.1) is 40.2 Å². The highest BCUT2D eigenvalue weighted by Crippen LogP contribution is 2.42. The number of ether oxygens (including phenoxy) is 3. The summed E-state index contributed by atoms with van der Waals surface area (Å²) in [4.78, 5) is 53.9. The maximum absolute atomic E-state index is 13.3. The van der Waals surface area contributed by atoms with Crippen LogP contribution < -0.4 is 5.32 Å². The quantitative estimate of drug-likeness (QED) is 0.149. The zero-order valence-corrected chi connectivity index (χ0v) is 21.4. The van der Waals surface area contributed by atoms with E-state index >= 15 is 0 Å². The van der Waals surface area contributed by atoms with Crippen LogP contribution in [0.25, 0.3) is 10.9 Å². The number of esters is 3. The lowest BCUT2D eigenvalue weighted by molar-refractivity contribution is -0.385. The summed E-state index contributed by atoms with van der Waals surface area (Å²) in [6.45, 7) is 2.68. The summed E-state index contributed by atoms with van der Waals surface area (Å²) in [5.41, 5.74) is 1.62. The smallest absolute Gasteiger partial charge is 0.339 e. The van der Waals surface area contributed by atoms with Crippen LogP contribution in [0.2, 0.25) is 0 Å². The van der Waals surface area contributed by atoms with Crippen LogP contribution in [0, 0.1) is 10.1 Å². The number of nitro groups is 1. The van der Waals surface area contributed by atoms with Crippen molar-refractivity contribution in [3.63, 3.8) is 0 Å². The first-order chi connectivity index (χ1) is 18.7. The Balaban J connectivity index is 1.52. The Bertz CT molecular complexity index is 1540. The number of para-hydroxylation sites is 2. The number of benzene rings is 2. The van der Waals surface area contributed by atoms with Gasteiger partial charge in [0.15, 0.2) is 0 Å². The summed E-state index contributed by atoms with van der Waals surface area (Å²) < 4.78 is 15.5. The summed E-state index contributed by atoms with van der Waals surface area (Å²) in [5.74, 6) is -3.35. The number of hydrogen-bond acceptors (Lipinski definition) is 10. The zero-order valence-electron chi connectivity index (χ0n) is 21.4. The standard InChI is InChI=1S/C28H25N3O8/c1-16-23(27(33)37-3)25(20-9-5-7-11-22(20)31(35)36)24(17(2)30-16)28(34)39-13-12-38-26(32)19-14-18-8-4-6-10-21(18)29-15-19/h4-11,14-15,25,30H,12-13H2,1-3H3. The molecule has 3 aromatic rings. The maximum atomic E-state index is 13.3. The molecule has 11 nitrogen and oxygen atoms in total. The normalized spacial score (nSPS) is 15.0. The number of rotatable bonds is 8. The highest BCUT2D eigenvalue weighted by molar-refractivity contribution is 6.00. The molecule has 39 heavy (non-hydrogen) atoms. The Hall–Kier alpha value is -5.06. The molecule has 1 aromatic heterocycles. The number of nitro benzene ring substituents is 1. The van der Waals surface area contributed by atoms with Crippen molar-refractivity contribution in [2.24, 2.45) is 0 Å². The van der Waals surface area contributed by atoms with E-state index in [9.17, 15) is 24.5 Å². The maximum Gasteiger partial charge on any atom is 0.339 e. The van der Waals surface area contributed by atoms with Crippen LogP contribution >= 0.6 is 0 Å². The molecule has 0 aliphatic carbocycles. The van der Waals surface area contributed by atoms with E-state index in [4.69, 9.17) is 14.2 Å². The molecule has 2 aromatic carbocycles. The molecule has 1 aliphatic heterocycles. The number of methoxy groups -OCH3 is 1. The third-order valence-corrected chi connectivity index (χ3v) is 6.21. The Labute approximate surface area is 223 Å². The van der Waals surface area contributed by atoms with Crippen molar-refractivity contribution in [1.82, 2.24) is 10.3 Å². The first kappa shape index (κ1) is 27.0. The van der Waals surface area contributed by atoms with Gasteiger partial charge in [0.25, 0.3) is 5.69 Å². The topological polar surface area (TPSA) is 147 Å². The monoisotopic (exact) mass is 531 g/mol. The van der Waals surface area contributed by atoms with E-state index in [1.54, 1.807) is 26.0 Å². The summed E-state index contributed by atoms with van der Waals surface area (Å²) in [6, 6.07) is 14.8. The molecule has 1 N–H and O–H groups in total. The van der Waals surface area contributed by atoms with Crippen molar-refractivity contribution in [2.45, 2.75) is 19.8 Å². The van der Waals surface area contributed by atoms with Crippen molar-refractivity contribution in [3.8, 4) is 0 Å². The molecule has 0 saturated carbocycles. The third kappa shape index (κ3) is 5.61. The van der Waals surface area contributed by atoms with Gasteiger partial charge in [0.2, 0.25) is 0 Å².